The zero-order chi connectivity index (χ0) is 7.33. The molecule has 0 fully saturated rings. The number of hydrogen-bond acceptors (Lipinski definition) is 3. The van der Waals surface area contributed by atoms with Crippen LogP contribution < -0.4 is 5.73 Å². The molecule has 0 bridgehead atoms. The largest absolute Gasteiger partial charge is 0.341 e. The summed E-state index contributed by atoms with van der Waals surface area (Å²) in [5, 5.41) is 0. The van der Waals surface area contributed by atoms with Gasteiger partial charge in [0.25, 0.3) is 0 Å². The molecule has 0 aromatic heterocycles. The quantitative estimate of drug-likeness (QED) is 0.574. The molecule has 0 aromatic rings. The molecular weight excluding hydrogens is 118 g/mol. The first kappa shape index (κ1) is 8.88. The number of hydrogen-bond donors (Lipinski definition) is 1. The van der Waals surface area contributed by atoms with Crippen molar-refractivity contribution in [3.63, 3.8) is 0 Å². The lowest BCUT2D eigenvalue weighted by molar-refractivity contribution is -0.206. The summed E-state index contributed by atoms with van der Waals surface area (Å²) in [7, 11) is 3.08. The highest BCUT2D eigenvalue weighted by molar-refractivity contribution is 4.56. The van der Waals surface area contributed by atoms with Gasteiger partial charge in [0.2, 0.25) is 5.91 Å². The van der Waals surface area contributed by atoms with Crippen LogP contribution in [0.25, 0.3) is 0 Å². The summed E-state index contributed by atoms with van der Waals surface area (Å²) in [4.78, 5) is 0. The highest BCUT2D eigenvalue weighted by Gasteiger charge is 2.20. The molecule has 9 heavy (non-hydrogen) atoms. The van der Waals surface area contributed by atoms with Crippen molar-refractivity contribution in [2.24, 2.45) is 5.73 Å². The van der Waals surface area contributed by atoms with Crippen LogP contribution in [0.5, 0.6) is 0 Å². The minimum absolute atomic E-state index is 0.722. The summed E-state index contributed by atoms with van der Waals surface area (Å²) in [6, 6.07) is 0. The Morgan fingerprint density at radius 2 is 1.78 bits per heavy atom. The summed E-state index contributed by atoms with van der Waals surface area (Å²) < 4.78 is 9.77. The van der Waals surface area contributed by atoms with E-state index in [4.69, 9.17) is 15.2 Å². The third-order valence-corrected chi connectivity index (χ3v) is 1.29. The first-order valence-corrected chi connectivity index (χ1v) is 3.07. The summed E-state index contributed by atoms with van der Waals surface area (Å²) in [5.74, 6) is -0.866. The van der Waals surface area contributed by atoms with Crippen molar-refractivity contribution < 1.29 is 9.47 Å². The Hall–Kier alpha value is -0.120. The van der Waals surface area contributed by atoms with E-state index in [0.29, 0.717) is 0 Å². The van der Waals surface area contributed by atoms with Gasteiger partial charge in [0.1, 0.15) is 0 Å². The van der Waals surface area contributed by atoms with Gasteiger partial charge in [-0.05, 0) is 6.42 Å². The first-order chi connectivity index (χ1) is 4.18. The van der Waals surface area contributed by atoms with E-state index in [1.165, 1.54) is 0 Å². The molecule has 56 valence electrons. The van der Waals surface area contributed by atoms with Gasteiger partial charge in [0.05, 0.1) is 0 Å². The lowest BCUT2D eigenvalue weighted by atomic mass is 10.3. The van der Waals surface area contributed by atoms with Gasteiger partial charge in [-0.1, -0.05) is 6.92 Å². The van der Waals surface area contributed by atoms with Crippen LogP contribution in [0.3, 0.4) is 0 Å². The maximum atomic E-state index is 5.56. The summed E-state index contributed by atoms with van der Waals surface area (Å²) in [5.41, 5.74) is 5.56. The average Bonchev–Trinajstić information content (AvgIpc) is 1.89. The maximum Gasteiger partial charge on any atom is 0.224 e. The van der Waals surface area contributed by atoms with Crippen LogP contribution in [-0.2, 0) is 9.47 Å². The molecule has 2 N–H and O–H groups in total. The highest BCUT2D eigenvalue weighted by atomic mass is 16.7. The smallest absolute Gasteiger partial charge is 0.224 e. The van der Waals surface area contributed by atoms with Crippen LogP contribution in [0, 0.1) is 0 Å². The van der Waals surface area contributed by atoms with Crippen LogP contribution in [0.1, 0.15) is 19.8 Å². The molecule has 0 spiro atoms. The van der Waals surface area contributed by atoms with Gasteiger partial charge < -0.3 is 9.47 Å². The van der Waals surface area contributed by atoms with Crippen LogP contribution in [0.4, 0.5) is 0 Å². The molecule has 0 rings (SSSR count). The standard InChI is InChI=1S/C6H15NO2/c1-4-5-6(7,8-2)9-3/h4-5,7H2,1-3H3. The predicted molar refractivity (Wildman–Crippen MR) is 35.8 cm³/mol. The fourth-order valence-electron chi connectivity index (χ4n) is 0.636. The third-order valence-electron chi connectivity index (χ3n) is 1.29. The monoisotopic (exact) mass is 133 g/mol. The number of nitrogens with two attached hydrogens (primary N) is 1. The summed E-state index contributed by atoms with van der Waals surface area (Å²) in [6.45, 7) is 2.03. The Morgan fingerprint density at radius 1 is 1.33 bits per heavy atom. The van der Waals surface area contributed by atoms with Gasteiger partial charge in [-0.3, -0.25) is 5.73 Å². The Balaban J connectivity index is 3.62. The highest BCUT2D eigenvalue weighted by Crippen LogP contribution is 2.09. The summed E-state index contributed by atoms with van der Waals surface area (Å²) in [6.07, 6.45) is 1.68. The molecule has 0 aliphatic heterocycles. The lowest BCUT2D eigenvalue weighted by Crippen LogP contribution is -2.43. The van der Waals surface area contributed by atoms with Crippen molar-refractivity contribution in [2.45, 2.75) is 25.7 Å². The second-order valence-corrected chi connectivity index (χ2v) is 1.97. The van der Waals surface area contributed by atoms with Crippen LogP contribution in [0.15, 0.2) is 0 Å². The molecule has 3 heteroatoms. The van der Waals surface area contributed by atoms with E-state index in [0.717, 1.165) is 12.8 Å². The van der Waals surface area contributed by atoms with Gasteiger partial charge in [0, 0.05) is 20.6 Å². The molecule has 0 atom stereocenters. The summed E-state index contributed by atoms with van der Waals surface area (Å²) >= 11 is 0. The van der Waals surface area contributed by atoms with Crippen molar-refractivity contribution in [1.82, 2.24) is 0 Å². The van der Waals surface area contributed by atoms with Crippen molar-refractivity contribution in [3.05, 3.63) is 0 Å². The molecule has 0 aliphatic rings. The molecule has 0 saturated heterocycles. The number of ether oxygens (including phenoxy) is 2. The van der Waals surface area contributed by atoms with Crippen molar-refractivity contribution in [1.29, 1.82) is 0 Å². The number of rotatable bonds is 4. The Labute approximate surface area is 56.1 Å². The van der Waals surface area contributed by atoms with Crippen molar-refractivity contribution >= 4 is 0 Å². The molecule has 0 aliphatic carbocycles. The van der Waals surface area contributed by atoms with Crippen LogP contribution in [0.2, 0.25) is 0 Å². The van der Waals surface area contributed by atoms with Crippen LogP contribution >= 0.6 is 0 Å². The Bertz CT molecular complexity index is 71.5. The van der Waals surface area contributed by atoms with Gasteiger partial charge in [0.15, 0.2) is 0 Å². The van der Waals surface area contributed by atoms with E-state index in [1.807, 2.05) is 6.92 Å². The predicted octanol–water partition coefficient (Wildman–Crippen LogP) is 0.692. The van der Waals surface area contributed by atoms with Gasteiger partial charge in [-0.15, -0.1) is 0 Å². The molecular formula is C6H15NO2. The van der Waals surface area contributed by atoms with E-state index in [1.54, 1.807) is 14.2 Å². The number of methoxy groups -OCH3 is 2. The van der Waals surface area contributed by atoms with Gasteiger partial charge in [-0.25, -0.2) is 0 Å². The second-order valence-electron chi connectivity index (χ2n) is 1.97. The zero-order valence-electron chi connectivity index (χ0n) is 6.31. The van der Waals surface area contributed by atoms with Gasteiger partial charge >= 0.3 is 0 Å². The normalized spacial score (nSPS) is 12.0. The van der Waals surface area contributed by atoms with E-state index in [9.17, 15) is 0 Å². The first-order valence-electron chi connectivity index (χ1n) is 3.07. The van der Waals surface area contributed by atoms with Gasteiger partial charge in [-0.2, -0.15) is 0 Å². The minimum atomic E-state index is -0.866. The van der Waals surface area contributed by atoms with E-state index < -0.39 is 5.91 Å². The van der Waals surface area contributed by atoms with Crippen LogP contribution in [-0.4, -0.2) is 20.1 Å². The molecule has 3 nitrogen and oxygen atoms in total. The lowest BCUT2D eigenvalue weighted by Gasteiger charge is -2.24. The fourth-order valence-corrected chi connectivity index (χ4v) is 0.636. The fraction of sp³-hybridized carbons (Fsp3) is 1.00. The zero-order valence-corrected chi connectivity index (χ0v) is 6.31. The van der Waals surface area contributed by atoms with E-state index in [-0.39, 0.29) is 0 Å². The molecule has 0 heterocycles. The van der Waals surface area contributed by atoms with Crippen molar-refractivity contribution in [2.75, 3.05) is 14.2 Å². The molecule has 0 aromatic carbocycles. The molecule has 0 amide bonds. The molecule has 0 radical (unpaired) electrons. The topological polar surface area (TPSA) is 44.5 Å². The molecule has 0 unspecified atom stereocenters. The minimum Gasteiger partial charge on any atom is -0.341 e. The Kier molecular flexibility index (Phi) is 3.77. The average molecular weight is 133 g/mol. The van der Waals surface area contributed by atoms with Crippen molar-refractivity contribution in [3.8, 4) is 0 Å². The second kappa shape index (κ2) is 3.82. The maximum absolute atomic E-state index is 5.56. The Morgan fingerprint density at radius 3 is 1.89 bits per heavy atom. The van der Waals surface area contributed by atoms with E-state index >= 15 is 0 Å². The SMILES string of the molecule is CCCC(N)(OC)OC. The van der Waals surface area contributed by atoms with E-state index in [2.05, 4.69) is 0 Å². The molecule has 0 saturated carbocycles. The third kappa shape index (κ3) is 2.79.